The standard InChI is InChI=1S/C31H23FN2O2S/c32-23-16-10-15-22(19-23)25-26(28(35)20-11-4-1-5-12-20)30(33)34(24-17-8-3-9-18-24)31(37)27(25)29(36)21-13-6-2-7-14-21/h1-19,25,27,33,35H/b28-26+,33-30?/t25-,27-/m1/s1. The van der Waals surface area contributed by atoms with Gasteiger partial charge in [-0.3, -0.25) is 15.1 Å². The number of carbonyl (C=O) groups excluding carboxylic acids is 1. The monoisotopic (exact) mass is 506 g/mol. The van der Waals surface area contributed by atoms with Crippen molar-refractivity contribution in [3.63, 3.8) is 0 Å². The van der Waals surface area contributed by atoms with Crippen LogP contribution in [0.15, 0.2) is 121 Å². The van der Waals surface area contributed by atoms with Gasteiger partial charge in [-0.25, -0.2) is 4.39 Å². The number of hydrogen-bond donors (Lipinski definition) is 2. The van der Waals surface area contributed by atoms with Crippen LogP contribution in [-0.2, 0) is 0 Å². The molecule has 4 nitrogen and oxygen atoms in total. The fourth-order valence-corrected chi connectivity index (χ4v) is 5.22. The van der Waals surface area contributed by atoms with Crippen LogP contribution in [0.3, 0.4) is 0 Å². The molecule has 6 heteroatoms. The maximum atomic E-state index is 14.5. The molecule has 1 aliphatic rings. The number of amidine groups is 1. The van der Waals surface area contributed by atoms with E-state index < -0.39 is 17.7 Å². The molecule has 37 heavy (non-hydrogen) atoms. The lowest BCUT2D eigenvalue weighted by molar-refractivity contribution is 0.0946. The van der Waals surface area contributed by atoms with E-state index in [4.69, 9.17) is 12.2 Å². The van der Waals surface area contributed by atoms with E-state index in [2.05, 4.69) is 0 Å². The maximum absolute atomic E-state index is 14.5. The van der Waals surface area contributed by atoms with Gasteiger partial charge < -0.3 is 5.11 Å². The van der Waals surface area contributed by atoms with Gasteiger partial charge in [0.15, 0.2) is 5.78 Å². The van der Waals surface area contributed by atoms with Crippen LogP contribution in [0.4, 0.5) is 10.1 Å². The first-order valence-corrected chi connectivity index (χ1v) is 12.2. The average molecular weight is 507 g/mol. The Morgan fingerprint density at radius 3 is 1.97 bits per heavy atom. The van der Waals surface area contributed by atoms with Crippen molar-refractivity contribution >= 4 is 40.3 Å². The van der Waals surface area contributed by atoms with Crippen molar-refractivity contribution in [3.8, 4) is 0 Å². The number of aliphatic hydroxyl groups is 1. The second-order valence-corrected chi connectivity index (χ2v) is 9.15. The van der Waals surface area contributed by atoms with E-state index in [1.165, 1.54) is 17.0 Å². The van der Waals surface area contributed by atoms with Crippen LogP contribution in [0, 0.1) is 17.1 Å². The predicted octanol–water partition coefficient (Wildman–Crippen LogP) is 7.20. The first-order valence-electron chi connectivity index (χ1n) is 11.8. The molecule has 0 bridgehead atoms. The van der Waals surface area contributed by atoms with Gasteiger partial charge in [-0.2, -0.15) is 0 Å². The zero-order valence-electron chi connectivity index (χ0n) is 19.7. The molecule has 0 amide bonds. The number of hydrogen-bond acceptors (Lipinski definition) is 4. The quantitative estimate of drug-likeness (QED) is 0.171. The molecule has 5 rings (SSSR count). The summed E-state index contributed by atoms with van der Waals surface area (Å²) in [6.45, 7) is 0. The number of carbonyl (C=O) groups is 1. The zero-order chi connectivity index (χ0) is 25.9. The van der Waals surface area contributed by atoms with Crippen molar-refractivity contribution in [3.05, 3.63) is 143 Å². The highest BCUT2D eigenvalue weighted by atomic mass is 32.1. The molecule has 1 aliphatic heterocycles. The fourth-order valence-electron chi connectivity index (χ4n) is 4.78. The molecule has 0 saturated carbocycles. The Hall–Kier alpha value is -4.42. The molecular formula is C31H23FN2O2S. The summed E-state index contributed by atoms with van der Waals surface area (Å²) < 4.78 is 14.5. The van der Waals surface area contributed by atoms with Crippen molar-refractivity contribution in [2.75, 3.05) is 4.90 Å². The highest BCUT2D eigenvalue weighted by Gasteiger charge is 2.47. The van der Waals surface area contributed by atoms with Crippen LogP contribution in [0.1, 0.15) is 27.4 Å². The third-order valence-corrected chi connectivity index (χ3v) is 6.91. The molecule has 0 unspecified atom stereocenters. The summed E-state index contributed by atoms with van der Waals surface area (Å²) in [5.74, 6) is -2.84. The molecular weight excluding hydrogens is 483 g/mol. The first kappa shape index (κ1) is 24.3. The Morgan fingerprint density at radius 1 is 0.811 bits per heavy atom. The van der Waals surface area contributed by atoms with Crippen molar-refractivity contribution in [1.82, 2.24) is 0 Å². The molecule has 4 aromatic rings. The molecule has 0 radical (unpaired) electrons. The molecule has 4 aromatic carbocycles. The summed E-state index contributed by atoms with van der Waals surface area (Å²) in [5.41, 5.74) is 2.17. The number of halogens is 1. The number of nitrogens with zero attached hydrogens (tertiary/aromatic N) is 1. The highest BCUT2D eigenvalue weighted by molar-refractivity contribution is 7.80. The summed E-state index contributed by atoms with van der Waals surface area (Å²) in [6, 6.07) is 32.6. The predicted molar refractivity (Wildman–Crippen MR) is 149 cm³/mol. The Balaban J connectivity index is 1.80. The molecule has 0 spiro atoms. The van der Waals surface area contributed by atoms with Gasteiger partial charge in [0.05, 0.1) is 5.92 Å². The zero-order valence-corrected chi connectivity index (χ0v) is 20.5. The second kappa shape index (κ2) is 10.3. The van der Waals surface area contributed by atoms with Gasteiger partial charge in [-0.1, -0.05) is 103 Å². The fraction of sp³-hybridized carbons (Fsp3) is 0.0645. The molecule has 1 fully saturated rings. The number of anilines is 1. The Labute approximate surface area is 219 Å². The van der Waals surface area contributed by atoms with E-state index in [9.17, 15) is 19.7 Å². The second-order valence-electron chi connectivity index (χ2n) is 8.73. The number of rotatable bonds is 5. The Kier molecular flexibility index (Phi) is 6.75. The van der Waals surface area contributed by atoms with Gasteiger partial charge >= 0.3 is 0 Å². The van der Waals surface area contributed by atoms with E-state index in [0.717, 1.165) is 0 Å². The number of thiocarbonyl (C=S) groups is 1. The van der Waals surface area contributed by atoms with Crippen LogP contribution in [0.2, 0.25) is 0 Å². The van der Waals surface area contributed by atoms with Crippen LogP contribution < -0.4 is 4.90 Å². The van der Waals surface area contributed by atoms with Gasteiger partial charge in [-0.05, 0) is 29.8 Å². The lowest BCUT2D eigenvalue weighted by Crippen LogP contribution is -2.51. The van der Waals surface area contributed by atoms with E-state index in [-0.39, 0.29) is 27.9 Å². The van der Waals surface area contributed by atoms with E-state index >= 15 is 0 Å². The van der Waals surface area contributed by atoms with Gasteiger partial charge in [0.2, 0.25) is 0 Å². The van der Waals surface area contributed by atoms with Crippen molar-refractivity contribution < 1.29 is 14.3 Å². The Morgan fingerprint density at radius 2 is 1.38 bits per heavy atom. The van der Waals surface area contributed by atoms with Gasteiger partial charge in [0, 0.05) is 28.3 Å². The molecule has 1 heterocycles. The SMILES string of the molecule is N=C1/C(=C(/O)c2ccccc2)[C@@H](c2cccc(F)c2)[C@H](C(=O)c2ccccc2)C(=S)N1c1ccccc1. The van der Waals surface area contributed by atoms with E-state index in [1.807, 2.05) is 30.3 Å². The van der Waals surface area contributed by atoms with Crippen LogP contribution in [0.5, 0.6) is 0 Å². The van der Waals surface area contributed by atoms with Gasteiger partial charge in [-0.15, -0.1) is 0 Å². The largest absolute Gasteiger partial charge is 0.507 e. The van der Waals surface area contributed by atoms with E-state index in [1.54, 1.807) is 72.8 Å². The van der Waals surface area contributed by atoms with Gasteiger partial charge in [0.25, 0.3) is 0 Å². The molecule has 2 N–H and O–H groups in total. The number of nitrogens with one attached hydrogen (secondary N) is 1. The topological polar surface area (TPSA) is 64.4 Å². The number of ketones is 1. The maximum Gasteiger partial charge on any atom is 0.173 e. The minimum atomic E-state index is -0.977. The van der Waals surface area contributed by atoms with Gasteiger partial charge in [0.1, 0.15) is 22.4 Å². The minimum Gasteiger partial charge on any atom is -0.507 e. The summed E-state index contributed by atoms with van der Waals surface area (Å²) in [6.07, 6.45) is 0. The molecule has 1 saturated heterocycles. The van der Waals surface area contributed by atoms with Crippen molar-refractivity contribution in [2.24, 2.45) is 5.92 Å². The summed E-state index contributed by atoms with van der Waals surface area (Å²) in [4.78, 5) is 15.8. The highest BCUT2D eigenvalue weighted by Crippen LogP contribution is 2.45. The van der Waals surface area contributed by atoms with E-state index in [0.29, 0.717) is 22.4 Å². The first-order chi connectivity index (χ1) is 18.0. The summed E-state index contributed by atoms with van der Waals surface area (Å²) >= 11 is 5.92. The summed E-state index contributed by atoms with van der Waals surface area (Å²) in [7, 11) is 0. The number of piperidine rings is 1. The Bertz CT molecular complexity index is 1500. The number of aliphatic hydroxyl groups excluding tert-OH is 1. The average Bonchev–Trinajstić information content (AvgIpc) is 2.93. The number of para-hydroxylation sites is 1. The van der Waals surface area contributed by atoms with Crippen molar-refractivity contribution in [2.45, 2.75) is 5.92 Å². The smallest absolute Gasteiger partial charge is 0.173 e. The number of benzene rings is 4. The van der Waals surface area contributed by atoms with Crippen molar-refractivity contribution in [1.29, 1.82) is 5.41 Å². The summed E-state index contributed by atoms with van der Waals surface area (Å²) in [5, 5.41) is 20.8. The molecule has 0 aliphatic carbocycles. The lowest BCUT2D eigenvalue weighted by Gasteiger charge is -2.42. The molecule has 2 atom stereocenters. The third-order valence-electron chi connectivity index (χ3n) is 6.47. The normalized spacial score (nSPS) is 19.0. The minimum absolute atomic E-state index is 0.0658. The van der Waals surface area contributed by atoms with Crippen LogP contribution in [-0.4, -0.2) is 21.7 Å². The van der Waals surface area contributed by atoms with Crippen LogP contribution in [0.25, 0.3) is 5.76 Å². The molecule has 182 valence electrons. The number of Topliss-reactive ketones (excluding diaryl/α,β-unsaturated/α-hetero) is 1. The van der Waals surface area contributed by atoms with Crippen LogP contribution >= 0.6 is 12.2 Å². The third kappa shape index (κ3) is 4.59. The molecule has 0 aromatic heterocycles. The lowest BCUT2D eigenvalue weighted by atomic mass is 9.72.